The van der Waals surface area contributed by atoms with Gasteiger partial charge in [0.1, 0.15) is 9.52 Å². The lowest BCUT2D eigenvalue weighted by Crippen LogP contribution is -2.10. The van der Waals surface area contributed by atoms with Gasteiger partial charge >= 0.3 is 0 Å². The van der Waals surface area contributed by atoms with Gasteiger partial charge in [-0.1, -0.05) is 0 Å². The molecule has 0 N–H and O–H groups in total. The maximum atomic E-state index is 13.1. The van der Waals surface area contributed by atoms with E-state index in [1.54, 1.807) is 6.07 Å². The number of hydrogen-bond donors (Lipinski definition) is 0. The fraction of sp³-hybridized carbons (Fsp3) is 0.364. The van der Waals surface area contributed by atoms with Crippen LogP contribution in [0.1, 0.15) is 12.5 Å². The molecular formula is C11H10FIN2O. The first-order valence-electron chi connectivity index (χ1n) is 5.17. The molecule has 1 aliphatic heterocycles. The smallest absolute Gasteiger partial charge is 0.131 e. The van der Waals surface area contributed by atoms with Crippen LogP contribution in [0, 0.1) is 9.52 Å². The summed E-state index contributed by atoms with van der Waals surface area (Å²) in [6.45, 7) is 1.48. The highest BCUT2D eigenvalue weighted by atomic mass is 127. The van der Waals surface area contributed by atoms with Gasteiger partial charge in [-0.25, -0.2) is 4.39 Å². The van der Waals surface area contributed by atoms with Crippen molar-refractivity contribution in [1.29, 1.82) is 0 Å². The van der Waals surface area contributed by atoms with E-state index in [9.17, 15) is 4.39 Å². The highest BCUT2D eigenvalue weighted by Crippen LogP contribution is 2.27. The van der Waals surface area contributed by atoms with Gasteiger partial charge in [0.15, 0.2) is 0 Å². The van der Waals surface area contributed by atoms with Crippen molar-refractivity contribution in [3.05, 3.63) is 27.7 Å². The molecule has 1 aliphatic rings. The second-order valence-corrected chi connectivity index (χ2v) is 4.94. The molecule has 5 heteroatoms. The van der Waals surface area contributed by atoms with Crippen LogP contribution in [0.5, 0.6) is 0 Å². The fourth-order valence-corrected chi connectivity index (χ4v) is 2.73. The van der Waals surface area contributed by atoms with Crippen molar-refractivity contribution in [3.8, 4) is 0 Å². The molecule has 0 bridgehead atoms. The van der Waals surface area contributed by atoms with Gasteiger partial charge in [0.25, 0.3) is 0 Å². The van der Waals surface area contributed by atoms with E-state index in [4.69, 9.17) is 4.74 Å². The molecule has 1 aromatic carbocycles. The molecule has 0 spiro atoms. The van der Waals surface area contributed by atoms with Crippen molar-refractivity contribution in [3.63, 3.8) is 0 Å². The van der Waals surface area contributed by atoms with Crippen LogP contribution in [0.25, 0.3) is 10.9 Å². The SMILES string of the molecule is Fc1ccc2c(c1)c(I)nn2C1CCOC1. The van der Waals surface area contributed by atoms with Gasteiger partial charge in [0, 0.05) is 12.0 Å². The number of benzene rings is 1. The molecule has 0 aliphatic carbocycles. The highest BCUT2D eigenvalue weighted by Gasteiger charge is 2.21. The summed E-state index contributed by atoms with van der Waals surface area (Å²) in [5.74, 6) is -0.215. The largest absolute Gasteiger partial charge is 0.379 e. The van der Waals surface area contributed by atoms with E-state index in [2.05, 4.69) is 27.7 Å². The van der Waals surface area contributed by atoms with Crippen LogP contribution in [-0.4, -0.2) is 23.0 Å². The van der Waals surface area contributed by atoms with E-state index in [-0.39, 0.29) is 11.9 Å². The maximum absolute atomic E-state index is 13.1. The Morgan fingerprint density at radius 3 is 3.12 bits per heavy atom. The third-order valence-corrected chi connectivity index (χ3v) is 3.67. The molecule has 0 amide bonds. The lowest BCUT2D eigenvalue weighted by Gasteiger charge is -2.09. The van der Waals surface area contributed by atoms with Crippen molar-refractivity contribution in [2.45, 2.75) is 12.5 Å². The molecule has 3 nitrogen and oxygen atoms in total. The Balaban J connectivity index is 2.18. The van der Waals surface area contributed by atoms with Crippen molar-refractivity contribution < 1.29 is 9.13 Å². The molecule has 1 fully saturated rings. The molecule has 16 heavy (non-hydrogen) atoms. The van der Waals surface area contributed by atoms with Gasteiger partial charge in [-0.05, 0) is 47.2 Å². The standard InChI is InChI=1S/C11H10FIN2O/c12-7-1-2-10-9(5-7)11(13)14-15(10)8-3-4-16-6-8/h1-2,5,8H,3-4,6H2. The first-order chi connectivity index (χ1) is 7.75. The van der Waals surface area contributed by atoms with E-state index in [0.29, 0.717) is 6.61 Å². The summed E-state index contributed by atoms with van der Waals surface area (Å²) < 4.78 is 21.3. The average Bonchev–Trinajstić information content (AvgIpc) is 2.87. The molecular weight excluding hydrogens is 322 g/mol. The second-order valence-electron chi connectivity index (χ2n) is 3.91. The Hall–Kier alpha value is -0.690. The minimum Gasteiger partial charge on any atom is -0.379 e. The van der Waals surface area contributed by atoms with E-state index >= 15 is 0 Å². The lowest BCUT2D eigenvalue weighted by molar-refractivity contribution is 0.185. The Bertz CT molecular complexity index is 534. The molecule has 2 aromatic rings. The number of rotatable bonds is 1. The monoisotopic (exact) mass is 332 g/mol. The number of aromatic nitrogens is 2. The predicted octanol–water partition coefficient (Wildman–Crippen LogP) is 2.74. The fourth-order valence-electron chi connectivity index (χ4n) is 2.07. The van der Waals surface area contributed by atoms with Crippen LogP contribution >= 0.6 is 22.6 Å². The van der Waals surface area contributed by atoms with Gasteiger partial charge in [0.2, 0.25) is 0 Å². The van der Waals surface area contributed by atoms with Crippen LogP contribution in [-0.2, 0) is 4.74 Å². The number of hydrogen-bond acceptors (Lipinski definition) is 2. The highest BCUT2D eigenvalue weighted by molar-refractivity contribution is 14.1. The maximum Gasteiger partial charge on any atom is 0.131 e. The summed E-state index contributed by atoms with van der Waals surface area (Å²) in [5.41, 5.74) is 0.987. The van der Waals surface area contributed by atoms with Gasteiger partial charge in [-0.15, -0.1) is 0 Å². The third kappa shape index (κ3) is 1.62. The van der Waals surface area contributed by atoms with Crippen molar-refractivity contribution in [2.75, 3.05) is 13.2 Å². The van der Waals surface area contributed by atoms with Crippen LogP contribution in [0.15, 0.2) is 18.2 Å². The first kappa shape index (κ1) is 10.5. The lowest BCUT2D eigenvalue weighted by atomic mass is 10.2. The van der Waals surface area contributed by atoms with Gasteiger partial charge < -0.3 is 4.74 Å². The number of ether oxygens (including phenoxy) is 1. The van der Waals surface area contributed by atoms with Crippen LogP contribution in [0.2, 0.25) is 0 Å². The predicted molar refractivity (Wildman–Crippen MR) is 66.9 cm³/mol. The molecule has 2 heterocycles. The zero-order chi connectivity index (χ0) is 11.1. The first-order valence-corrected chi connectivity index (χ1v) is 6.24. The Morgan fingerprint density at radius 2 is 2.38 bits per heavy atom. The molecule has 1 atom stereocenters. The van der Waals surface area contributed by atoms with Crippen LogP contribution in [0.3, 0.4) is 0 Å². The van der Waals surface area contributed by atoms with Crippen molar-refractivity contribution >= 4 is 33.5 Å². The molecule has 1 unspecified atom stereocenters. The van der Waals surface area contributed by atoms with Crippen LogP contribution in [0.4, 0.5) is 4.39 Å². The summed E-state index contributed by atoms with van der Waals surface area (Å²) in [6, 6.07) is 5.09. The van der Waals surface area contributed by atoms with Gasteiger partial charge in [-0.3, -0.25) is 4.68 Å². The van der Waals surface area contributed by atoms with E-state index in [1.165, 1.54) is 12.1 Å². The Kier molecular flexibility index (Phi) is 2.59. The minimum atomic E-state index is -0.215. The molecule has 1 aromatic heterocycles. The molecule has 0 saturated carbocycles. The summed E-state index contributed by atoms with van der Waals surface area (Å²) in [7, 11) is 0. The second kappa shape index (κ2) is 3.96. The zero-order valence-electron chi connectivity index (χ0n) is 8.49. The van der Waals surface area contributed by atoms with Crippen LogP contribution < -0.4 is 0 Å². The van der Waals surface area contributed by atoms with E-state index < -0.39 is 0 Å². The quantitative estimate of drug-likeness (QED) is 0.751. The molecule has 84 valence electrons. The topological polar surface area (TPSA) is 27.1 Å². The molecule has 1 saturated heterocycles. The summed E-state index contributed by atoms with van der Waals surface area (Å²) >= 11 is 2.14. The summed E-state index contributed by atoms with van der Waals surface area (Å²) in [5, 5.41) is 5.35. The van der Waals surface area contributed by atoms with Crippen molar-refractivity contribution in [1.82, 2.24) is 9.78 Å². The number of fused-ring (bicyclic) bond motifs is 1. The number of halogens is 2. The minimum absolute atomic E-state index is 0.215. The molecule has 0 radical (unpaired) electrons. The summed E-state index contributed by atoms with van der Waals surface area (Å²) in [6.07, 6.45) is 0.976. The van der Waals surface area contributed by atoms with Gasteiger partial charge in [0.05, 0.1) is 18.2 Å². The van der Waals surface area contributed by atoms with Gasteiger partial charge in [-0.2, -0.15) is 5.10 Å². The Labute approximate surface area is 106 Å². The van der Waals surface area contributed by atoms with Crippen molar-refractivity contribution in [2.24, 2.45) is 0 Å². The third-order valence-electron chi connectivity index (χ3n) is 2.87. The normalized spacial score (nSPS) is 20.8. The Morgan fingerprint density at radius 1 is 1.50 bits per heavy atom. The zero-order valence-corrected chi connectivity index (χ0v) is 10.6. The average molecular weight is 332 g/mol. The van der Waals surface area contributed by atoms with E-state index in [0.717, 1.165) is 27.6 Å². The molecule has 3 rings (SSSR count). The summed E-state index contributed by atoms with van der Waals surface area (Å²) in [4.78, 5) is 0. The number of nitrogens with zero attached hydrogens (tertiary/aromatic N) is 2. The van der Waals surface area contributed by atoms with E-state index in [1.807, 2.05) is 4.68 Å².